The molecular formula is C13H19FN2O2. The Hall–Kier alpha value is -1.49. The number of rotatable bonds is 3. The number of nitrogen functional groups attached to an aromatic ring is 1. The average Bonchev–Trinajstić information content (AvgIpc) is 2.33. The summed E-state index contributed by atoms with van der Waals surface area (Å²) in [4.78, 5) is 0. The third-order valence-electron chi connectivity index (χ3n) is 3.35. The molecular weight excluding hydrogens is 235 g/mol. The zero-order chi connectivity index (χ0) is 13.2. The maximum absolute atomic E-state index is 13.9. The third-order valence-corrected chi connectivity index (χ3v) is 3.35. The SMILES string of the molecule is COc1cc(NC2(C)CCOCC2)c(F)cc1N. The summed E-state index contributed by atoms with van der Waals surface area (Å²) in [7, 11) is 1.52. The molecule has 2 rings (SSSR count). The van der Waals surface area contributed by atoms with E-state index in [4.69, 9.17) is 15.2 Å². The van der Waals surface area contributed by atoms with Gasteiger partial charge in [-0.05, 0) is 19.8 Å². The number of hydrogen-bond donors (Lipinski definition) is 2. The fourth-order valence-corrected chi connectivity index (χ4v) is 2.11. The molecule has 5 heteroatoms. The van der Waals surface area contributed by atoms with Crippen molar-refractivity contribution in [1.29, 1.82) is 0 Å². The number of hydrogen-bond acceptors (Lipinski definition) is 4. The van der Waals surface area contributed by atoms with Crippen LogP contribution in [0.25, 0.3) is 0 Å². The first kappa shape index (κ1) is 13.0. The number of nitrogens with one attached hydrogen (secondary N) is 1. The second kappa shape index (κ2) is 5.02. The highest BCUT2D eigenvalue weighted by Crippen LogP contribution is 2.32. The quantitative estimate of drug-likeness (QED) is 0.813. The summed E-state index contributed by atoms with van der Waals surface area (Å²) in [5.41, 5.74) is 6.23. The molecule has 0 amide bonds. The minimum absolute atomic E-state index is 0.153. The number of halogens is 1. The van der Waals surface area contributed by atoms with Crippen molar-refractivity contribution in [3.05, 3.63) is 17.9 Å². The molecule has 100 valence electrons. The van der Waals surface area contributed by atoms with E-state index in [1.807, 2.05) is 0 Å². The van der Waals surface area contributed by atoms with Gasteiger partial charge in [-0.15, -0.1) is 0 Å². The molecule has 0 saturated carbocycles. The van der Waals surface area contributed by atoms with Gasteiger partial charge >= 0.3 is 0 Å². The molecule has 0 radical (unpaired) electrons. The highest BCUT2D eigenvalue weighted by molar-refractivity contribution is 5.63. The summed E-state index contributed by atoms with van der Waals surface area (Å²) in [6.45, 7) is 3.45. The molecule has 1 aliphatic heterocycles. The van der Waals surface area contributed by atoms with Crippen LogP contribution in [0.3, 0.4) is 0 Å². The highest BCUT2D eigenvalue weighted by Gasteiger charge is 2.28. The molecule has 1 saturated heterocycles. The van der Waals surface area contributed by atoms with E-state index in [9.17, 15) is 4.39 Å². The molecule has 1 fully saturated rings. The van der Waals surface area contributed by atoms with Crippen LogP contribution in [0.1, 0.15) is 19.8 Å². The zero-order valence-corrected chi connectivity index (χ0v) is 10.8. The molecule has 0 aliphatic carbocycles. The van der Waals surface area contributed by atoms with Crippen LogP contribution < -0.4 is 15.8 Å². The Morgan fingerprint density at radius 1 is 1.39 bits per heavy atom. The summed E-state index contributed by atoms with van der Waals surface area (Å²) in [6.07, 6.45) is 1.69. The van der Waals surface area contributed by atoms with Crippen molar-refractivity contribution in [3.63, 3.8) is 0 Å². The molecule has 3 N–H and O–H groups in total. The van der Waals surface area contributed by atoms with Gasteiger partial charge in [-0.1, -0.05) is 0 Å². The van der Waals surface area contributed by atoms with Crippen LogP contribution in [0.4, 0.5) is 15.8 Å². The predicted molar refractivity (Wildman–Crippen MR) is 69.4 cm³/mol. The lowest BCUT2D eigenvalue weighted by atomic mass is 9.92. The molecule has 0 spiro atoms. The van der Waals surface area contributed by atoms with Crippen LogP contribution in [-0.2, 0) is 4.74 Å². The second-order valence-corrected chi connectivity index (χ2v) is 4.87. The van der Waals surface area contributed by atoms with Crippen molar-refractivity contribution < 1.29 is 13.9 Å². The summed E-state index contributed by atoms with van der Waals surface area (Å²) >= 11 is 0. The molecule has 0 bridgehead atoms. The lowest BCUT2D eigenvalue weighted by molar-refractivity contribution is 0.0657. The summed E-state index contributed by atoms with van der Waals surface area (Å²) in [6, 6.07) is 2.88. The van der Waals surface area contributed by atoms with Gasteiger partial charge in [0.15, 0.2) is 0 Å². The van der Waals surface area contributed by atoms with Crippen molar-refractivity contribution in [2.45, 2.75) is 25.3 Å². The Morgan fingerprint density at radius 2 is 2.06 bits per heavy atom. The van der Waals surface area contributed by atoms with E-state index >= 15 is 0 Å². The fourth-order valence-electron chi connectivity index (χ4n) is 2.11. The Balaban J connectivity index is 2.22. The first-order chi connectivity index (χ1) is 8.54. The van der Waals surface area contributed by atoms with E-state index < -0.39 is 0 Å². The molecule has 1 aliphatic rings. The topological polar surface area (TPSA) is 56.5 Å². The molecule has 0 aromatic heterocycles. The van der Waals surface area contributed by atoms with Gasteiger partial charge in [0.25, 0.3) is 0 Å². The number of anilines is 2. The van der Waals surface area contributed by atoms with E-state index in [0.29, 0.717) is 30.3 Å². The molecule has 18 heavy (non-hydrogen) atoms. The Morgan fingerprint density at radius 3 is 2.67 bits per heavy atom. The number of ether oxygens (including phenoxy) is 2. The first-order valence-corrected chi connectivity index (χ1v) is 6.03. The van der Waals surface area contributed by atoms with Gasteiger partial charge in [-0.3, -0.25) is 0 Å². The van der Waals surface area contributed by atoms with E-state index in [2.05, 4.69) is 12.2 Å². The highest BCUT2D eigenvalue weighted by atomic mass is 19.1. The molecule has 0 unspecified atom stereocenters. The maximum atomic E-state index is 13.9. The number of benzene rings is 1. The summed E-state index contributed by atoms with van der Waals surface area (Å²) < 4.78 is 24.3. The Kier molecular flexibility index (Phi) is 3.61. The van der Waals surface area contributed by atoms with Crippen molar-refractivity contribution in [2.24, 2.45) is 0 Å². The van der Waals surface area contributed by atoms with Crippen molar-refractivity contribution in [3.8, 4) is 5.75 Å². The Labute approximate surface area is 106 Å². The lowest BCUT2D eigenvalue weighted by Gasteiger charge is -2.35. The average molecular weight is 254 g/mol. The van der Waals surface area contributed by atoms with Gasteiger partial charge in [-0.2, -0.15) is 0 Å². The standard InChI is InChI=1S/C13H19FN2O2/c1-13(3-5-18-6-4-13)16-11-8-12(17-2)10(15)7-9(11)14/h7-8,16H,3-6,15H2,1-2H3. The van der Waals surface area contributed by atoms with Crippen molar-refractivity contribution in [2.75, 3.05) is 31.4 Å². The van der Waals surface area contributed by atoms with Crippen LogP contribution in [0.5, 0.6) is 5.75 Å². The van der Waals surface area contributed by atoms with Crippen molar-refractivity contribution in [1.82, 2.24) is 0 Å². The van der Waals surface area contributed by atoms with E-state index in [1.165, 1.54) is 13.2 Å². The molecule has 1 aromatic rings. The van der Waals surface area contributed by atoms with Gasteiger partial charge in [0.2, 0.25) is 0 Å². The fraction of sp³-hybridized carbons (Fsp3) is 0.538. The van der Waals surface area contributed by atoms with Crippen LogP contribution in [-0.4, -0.2) is 25.9 Å². The molecule has 1 heterocycles. The van der Waals surface area contributed by atoms with Gasteiger partial charge < -0.3 is 20.5 Å². The number of methoxy groups -OCH3 is 1. The van der Waals surface area contributed by atoms with Crippen molar-refractivity contribution >= 4 is 11.4 Å². The first-order valence-electron chi connectivity index (χ1n) is 6.03. The third kappa shape index (κ3) is 2.67. The predicted octanol–water partition coefficient (Wildman–Crippen LogP) is 2.40. The van der Waals surface area contributed by atoms with Crippen LogP contribution >= 0.6 is 0 Å². The van der Waals surface area contributed by atoms with E-state index in [1.54, 1.807) is 6.07 Å². The number of nitrogens with two attached hydrogens (primary N) is 1. The second-order valence-electron chi connectivity index (χ2n) is 4.87. The van der Waals surface area contributed by atoms with Gasteiger partial charge in [-0.25, -0.2) is 4.39 Å². The largest absolute Gasteiger partial charge is 0.495 e. The normalized spacial score (nSPS) is 18.4. The minimum Gasteiger partial charge on any atom is -0.495 e. The molecule has 0 atom stereocenters. The van der Waals surface area contributed by atoms with Gasteiger partial charge in [0, 0.05) is 30.9 Å². The molecule has 1 aromatic carbocycles. The van der Waals surface area contributed by atoms with Crippen LogP contribution in [0.15, 0.2) is 12.1 Å². The van der Waals surface area contributed by atoms with Gasteiger partial charge in [0.05, 0.1) is 18.5 Å². The summed E-state index contributed by atoms with van der Waals surface area (Å²) in [5.74, 6) is 0.121. The van der Waals surface area contributed by atoms with Crippen LogP contribution in [0, 0.1) is 5.82 Å². The van der Waals surface area contributed by atoms with E-state index in [-0.39, 0.29) is 11.4 Å². The molecule has 4 nitrogen and oxygen atoms in total. The Bertz CT molecular complexity index is 431. The minimum atomic E-state index is -0.360. The monoisotopic (exact) mass is 254 g/mol. The maximum Gasteiger partial charge on any atom is 0.148 e. The van der Waals surface area contributed by atoms with E-state index in [0.717, 1.165) is 12.8 Å². The lowest BCUT2D eigenvalue weighted by Crippen LogP contribution is -2.40. The van der Waals surface area contributed by atoms with Gasteiger partial charge in [0.1, 0.15) is 11.6 Å². The van der Waals surface area contributed by atoms with Crippen LogP contribution in [0.2, 0.25) is 0 Å². The summed E-state index contributed by atoms with van der Waals surface area (Å²) in [5, 5.41) is 3.24. The zero-order valence-electron chi connectivity index (χ0n) is 10.8. The smallest absolute Gasteiger partial charge is 0.148 e.